The number of hydrogen-bond acceptors (Lipinski definition) is 4. The molecule has 0 saturated carbocycles. The lowest BCUT2D eigenvalue weighted by molar-refractivity contribution is -0.127. The molecule has 0 aliphatic heterocycles. The normalized spacial score (nSPS) is 11.2. The summed E-state index contributed by atoms with van der Waals surface area (Å²) in [6, 6.07) is 5.23. The molecule has 94 valence electrons. The fourth-order valence-electron chi connectivity index (χ4n) is 1.05. The molecule has 0 atom stereocenters. The van der Waals surface area contributed by atoms with Crippen molar-refractivity contribution >= 4 is 15.9 Å². The largest absolute Gasteiger partial charge is 0.508 e. The average molecular weight is 258 g/mol. The van der Waals surface area contributed by atoms with Crippen LogP contribution in [-0.4, -0.2) is 45.0 Å². The fraction of sp³-hybridized carbons (Fsp3) is 0.300. The van der Waals surface area contributed by atoms with E-state index in [-0.39, 0.29) is 23.1 Å². The lowest BCUT2D eigenvalue weighted by atomic mass is 10.3. The Morgan fingerprint density at radius 1 is 1.41 bits per heavy atom. The van der Waals surface area contributed by atoms with Crippen LogP contribution in [0.15, 0.2) is 29.2 Å². The number of rotatable bonds is 4. The van der Waals surface area contributed by atoms with Gasteiger partial charge in [0.15, 0.2) is 0 Å². The summed E-state index contributed by atoms with van der Waals surface area (Å²) < 4.78 is 25.6. The van der Waals surface area contributed by atoms with Crippen molar-refractivity contribution in [3.8, 4) is 5.75 Å². The van der Waals surface area contributed by atoms with Crippen LogP contribution in [0.5, 0.6) is 5.75 Å². The molecule has 0 aliphatic carbocycles. The zero-order valence-electron chi connectivity index (χ0n) is 9.54. The molecule has 0 aromatic heterocycles. The third-order valence-electron chi connectivity index (χ3n) is 2.04. The Morgan fingerprint density at radius 3 is 2.59 bits per heavy atom. The number of aromatic hydroxyl groups is 1. The second-order valence-corrected chi connectivity index (χ2v) is 5.38. The van der Waals surface area contributed by atoms with Crippen molar-refractivity contribution in [2.45, 2.75) is 4.90 Å². The van der Waals surface area contributed by atoms with E-state index in [0.29, 0.717) is 0 Å². The van der Waals surface area contributed by atoms with E-state index in [1.807, 2.05) is 0 Å². The van der Waals surface area contributed by atoms with Gasteiger partial charge in [-0.25, -0.2) is 13.1 Å². The smallest absolute Gasteiger partial charge is 0.241 e. The molecule has 1 rings (SSSR count). The number of nitrogens with one attached hydrogen (secondary N) is 1. The molecule has 1 amide bonds. The second-order valence-electron chi connectivity index (χ2n) is 3.61. The van der Waals surface area contributed by atoms with E-state index in [2.05, 4.69) is 4.72 Å². The van der Waals surface area contributed by atoms with Gasteiger partial charge in [0.2, 0.25) is 15.9 Å². The van der Waals surface area contributed by atoms with E-state index >= 15 is 0 Å². The molecule has 7 heteroatoms. The number of sulfonamides is 1. The van der Waals surface area contributed by atoms with Crippen LogP contribution >= 0.6 is 0 Å². The number of likely N-dealkylation sites (N-methyl/N-ethyl adjacent to an activating group) is 1. The van der Waals surface area contributed by atoms with Crippen molar-refractivity contribution in [2.24, 2.45) is 0 Å². The maximum absolute atomic E-state index is 11.7. The van der Waals surface area contributed by atoms with E-state index < -0.39 is 10.0 Å². The number of carbonyl (C=O) groups is 1. The molecule has 0 spiro atoms. The highest BCUT2D eigenvalue weighted by Crippen LogP contribution is 2.15. The maximum Gasteiger partial charge on any atom is 0.241 e. The van der Waals surface area contributed by atoms with Crippen LogP contribution in [0.2, 0.25) is 0 Å². The highest BCUT2D eigenvalue weighted by molar-refractivity contribution is 7.89. The van der Waals surface area contributed by atoms with Crippen molar-refractivity contribution in [2.75, 3.05) is 20.6 Å². The minimum atomic E-state index is -3.77. The predicted octanol–water partition coefficient (Wildman–Crippen LogP) is -0.241. The molecule has 0 saturated heterocycles. The molecular weight excluding hydrogens is 244 g/mol. The highest BCUT2D eigenvalue weighted by Gasteiger charge is 2.16. The average Bonchev–Trinajstić information content (AvgIpc) is 2.26. The van der Waals surface area contributed by atoms with Gasteiger partial charge in [-0.05, 0) is 18.2 Å². The van der Waals surface area contributed by atoms with Crippen LogP contribution in [0.4, 0.5) is 0 Å². The first-order valence-electron chi connectivity index (χ1n) is 4.82. The summed E-state index contributed by atoms with van der Waals surface area (Å²) in [5.74, 6) is -0.500. The summed E-state index contributed by atoms with van der Waals surface area (Å²) >= 11 is 0. The van der Waals surface area contributed by atoms with E-state index in [1.54, 1.807) is 0 Å². The molecule has 2 N–H and O–H groups in total. The Bertz CT molecular complexity index is 511. The summed E-state index contributed by atoms with van der Waals surface area (Å²) in [7, 11) is -0.703. The van der Waals surface area contributed by atoms with Crippen LogP contribution in [0.25, 0.3) is 0 Å². The Morgan fingerprint density at radius 2 is 2.06 bits per heavy atom. The summed E-state index contributed by atoms with van der Waals surface area (Å²) in [5, 5.41) is 9.17. The number of benzene rings is 1. The second kappa shape index (κ2) is 5.15. The molecule has 1 aromatic carbocycles. The minimum absolute atomic E-state index is 0.0796. The van der Waals surface area contributed by atoms with Crippen LogP contribution in [0.1, 0.15) is 0 Å². The van der Waals surface area contributed by atoms with Crippen molar-refractivity contribution in [1.82, 2.24) is 9.62 Å². The van der Waals surface area contributed by atoms with Gasteiger partial charge in [-0.2, -0.15) is 0 Å². The molecule has 0 fully saturated rings. The third-order valence-corrected chi connectivity index (χ3v) is 3.44. The maximum atomic E-state index is 11.7. The topological polar surface area (TPSA) is 86.7 Å². The van der Waals surface area contributed by atoms with Gasteiger partial charge >= 0.3 is 0 Å². The first kappa shape index (κ1) is 13.5. The minimum Gasteiger partial charge on any atom is -0.508 e. The van der Waals surface area contributed by atoms with Crippen LogP contribution in [-0.2, 0) is 14.8 Å². The molecule has 6 nitrogen and oxygen atoms in total. The number of phenols is 1. The fourth-order valence-corrected chi connectivity index (χ4v) is 2.06. The van der Waals surface area contributed by atoms with Crippen molar-refractivity contribution in [3.63, 3.8) is 0 Å². The summed E-state index contributed by atoms with van der Waals surface area (Å²) in [4.78, 5) is 12.4. The molecule has 1 aromatic rings. The van der Waals surface area contributed by atoms with E-state index in [0.717, 1.165) is 6.07 Å². The predicted molar refractivity (Wildman–Crippen MR) is 62.0 cm³/mol. The van der Waals surface area contributed by atoms with Gasteiger partial charge < -0.3 is 10.0 Å². The SMILES string of the molecule is CN(C)C(=O)CNS(=O)(=O)c1cccc(O)c1. The summed E-state index contributed by atoms with van der Waals surface area (Å²) in [5.41, 5.74) is 0. The van der Waals surface area contributed by atoms with Crippen LogP contribution in [0, 0.1) is 0 Å². The van der Waals surface area contributed by atoms with Crippen molar-refractivity contribution < 1.29 is 18.3 Å². The number of amides is 1. The van der Waals surface area contributed by atoms with Gasteiger partial charge in [-0.1, -0.05) is 6.07 Å². The van der Waals surface area contributed by atoms with Gasteiger partial charge in [-0.3, -0.25) is 4.79 Å². The number of nitrogens with zero attached hydrogens (tertiary/aromatic N) is 1. The lowest BCUT2D eigenvalue weighted by Gasteiger charge is -2.11. The van der Waals surface area contributed by atoms with Gasteiger partial charge in [0.05, 0.1) is 11.4 Å². The Kier molecular flexibility index (Phi) is 4.08. The Hall–Kier alpha value is -1.60. The lowest BCUT2D eigenvalue weighted by Crippen LogP contribution is -2.36. The van der Waals surface area contributed by atoms with Crippen molar-refractivity contribution in [1.29, 1.82) is 0 Å². The zero-order chi connectivity index (χ0) is 13.1. The first-order valence-corrected chi connectivity index (χ1v) is 6.30. The molecule has 0 unspecified atom stereocenters. The van der Waals surface area contributed by atoms with E-state index in [4.69, 9.17) is 0 Å². The zero-order valence-corrected chi connectivity index (χ0v) is 10.4. The Balaban J connectivity index is 2.80. The molecule has 0 aliphatic rings. The molecular formula is C10H14N2O4S. The summed E-state index contributed by atoms with van der Waals surface area (Å²) in [6.07, 6.45) is 0. The summed E-state index contributed by atoms with van der Waals surface area (Å²) in [6.45, 7) is -0.314. The quantitative estimate of drug-likeness (QED) is 0.780. The molecule has 17 heavy (non-hydrogen) atoms. The van der Waals surface area contributed by atoms with Crippen LogP contribution < -0.4 is 4.72 Å². The number of carbonyl (C=O) groups excluding carboxylic acids is 1. The molecule has 0 radical (unpaired) electrons. The first-order chi connectivity index (χ1) is 7.83. The monoisotopic (exact) mass is 258 g/mol. The number of hydrogen-bond donors (Lipinski definition) is 2. The van der Waals surface area contributed by atoms with Gasteiger partial charge in [0.1, 0.15) is 5.75 Å². The Labute approximate surface area is 99.9 Å². The third kappa shape index (κ3) is 3.72. The van der Waals surface area contributed by atoms with Gasteiger partial charge in [0.25, 0.3) is 0 Å². The molecule has 0 heterocycles. The van der Waals surface area contributed by atoms with Crippen LogP contribution in [0.3, 0.4) is 0 Å². The van der Waals surface area contributed by atoms with Gasteiger partial charge in [-0.15, -0.1) is 0 Å². The van der Waals surface area contributed by atoms with Crippen molar-refractivity contribution in [3.05, 3.63) is 24.3 Å². The van der Waals surface area contributed by atoms with Gasteiger partial charge in [0, 0.05) is 14.1 Å². The van der Waals surface area contributed by atoms with E-state index in [9.17, 15) is 18.3 Å². The van der Waals surface area contributed by atoms with E-state index in [1.165, 1.54) is 37.2 Å². The standard InChI is InChI=1S/C10H14N2O4S/c1-12(2)10(14)7-11-17(15,16)9-5-3-4-8(13)6-9/h3-6,11,13H,7H2,1-2H3. The molecule has 0 bridgehead atoms. The highest BCUT2D eigenvalue weighted by atomic mass is 32.2. The number of phenolic OH excluding ortho intramolecular Hbond substituents is 1.